The fourth-order valence-electron chi connectivity index (χ4n) is 2.62. The minimum absolute atomic E-state index is 0.0476. The quantitative estimate of drug-likeness (QED) is 0.606. The van der Waals surface area contributed by atoms with Gasteiger partial charge in [0.25, 0.3) is 0 Å². The zero-order valence-electron chi connectivity index (χ0n) is 15.8. The first-order valence-electron chi connectivity index (χ1n) is 8.59. The topological polar surface area (TPSA) is 107 Å². The van der Waals surface area contributed by atoms with Gasteiger partial charge in [0.2, 0.25) is 0 Å². The van der Waals surface area contributed by atoms with E-state index in [9.17, 15) is 22.8 Å². The second kappa shape index (κ2) is 8.31. The van der Waals surface area contributed by atoms with Gasteiger partial charge in [-0.25, -0.2) is 0 Å². The zero-order valence-corrected chi connectivity index (χ0v) is 15.8. The number of amides is 2. The molecule has 0 fully saturated rings. The van der Waals surface area contributed by atoms with Crippen LogP contribution in [-0.4, -0.2) is 23.3 Å². The van der Waals surface area contributed by atoms with E-state index in [2.05, 4.69) is 20.5 Å². The summed E-state index contributed by atoms with van der Waals surface area (Å²) in [6.07, 6.45) is -4.82. The van der Waals surface area contributed by atoms with Crippen LogP contribution in [0.25, 0.3) is 11.3 Å². The van der Waals surface area contributed by atoms with Crippen molar-refractivity contribution < 1.29 is 36.4 Å². The van der Waals surface area contributed by atoms with Crippen LogP contribution in [0.3, 0.4) is 0 Å². The maximum Gasteiger partial charge on any atom is 0.573 e. The third-order valence-electron chi connectivity index (χ3n) is 3.92. The van der Waals surface area contributed by atoms with Crippen molar-refractivity contribution in [3.63, 3.8) is 0 Å². The molecule has 0 radical (unpaired) electrons. The number of hydrogen-bond donors (Lipinski definition) is 2. The Bertz CT molecular complexity index is 1030. The van der Waals surface area contributed by atoms with Crippen molar-refractivity contribution in [2.24, 2.45) is 0 Å². The van der Waals surface area contributed by atoms with Gasteiger partial charge in [-0.15, -0.1) is 13.2 Å². The molecule has 158 valence electrons. The van der Waals surface area contributed by atoms with Crippen LogP contribution in [0, 0.1) is 13.8 Å². The minimum atomic E-state index is -4.82. The van der Waals surface area contributed by atoms with Gasteiger partial charge < -0.3 is 24.3 Å². The molecule has 3 rings (SSSR count). The molecule has 11 heteroatoms. The predicted octanol–water partition coefficient (Wildman–Crippen LogP) is 3.70. The summed E-state index contributed by atoms with van der Waals surface area (Å²) in [5, 5.41) is 8.50. The number of alkyl halides is 3. The van der Waals surface area contributed by atoms with E-state index < -0.39 is 23.9 Å². The Morgan fingerprint density at radius 3 is 2.37 bits per heavy atom. The van der Waals surface area contributed by atoms with Crippen LogP contribution < -0.4 is 15.4 Å². The maximum atomic E-state index is 12.1. The second-order valence-electron chi connectivity index (χ2n) is 6.17. The summed E-state index contributed by atoms with van der Waals surface area (Å²) >= 11 is 0. The highest BCUT2D eigenvalue weighted by molar-refractivity contribution is 6.39. The van der Waals surface area contributed by atoms with E-state index in [0.29, 0.717) is 28.5 Å². The monoisotopic (exact) mass is 423 g/mol. The first-order chi connectivity index (χ1) is 14.1. The number of rotatable bonds is 5. The van der Waals surface area contributed by atoms with Crippen molar-refractivity contribution in [1.29, 1.82) is 0 Å². The number of nitrogens with zero attached hydrogens (tertiary/aromatic N) is 1. The molecule has 2 heterocycles. The lowest BCUT2D eigenvalue weighted by Crippen LogP contribution is -2.34. The Balaban J connectivity index is 1.53. The Morgan fingerprint density at radius 2 is 1.77 bits per heavy atom. The molecule has 0 aliphatic rings. The normalized spacial score (nSPS) is 11.2. The van der Waals surface area contributed by atoms with Crippen LogP contribution in [0.5, 0.6) is 5.75 Å². The van der Waals surface area contributed by atoms with E-state index in [1.54, 1.807) is 26.0 Å². The fourth-order valence-corrected chi connectivity index (χ4v) is 2.62. The molecule has 2 N–H and O–H groups in total. The van der Waals surface area contributed by atoms with Gasteiger partial charge in [0.05, 0.1) is 17.8 Å². The third-order valence-corrected chi connectivity index (χ3v) is 3.92. The third kappa shape index (κ3) is 5.19. The number of anilines is 1. The van der Waals surface area contributed by atoms with Crippen molar-refractivity contribution in [3.8, 4) is 17.1 Å². The van der Waals surface area contributed by atoms with E-state index in [1.165, 1.54) is 12.1 Å². The largest absolute Gasteiger partial charge is 0.573 e. The van der Waals surface area contributed by atoms with E-state index in [4.69, 9.17) is 8.94 Å². The number of carbonyl (C=O) groups excluding carboxylic acids is 2. The number of aryl methyl sites for hydroxylation is 2. The molecule has 0 unspecified atom stereocenters. The van der Waals surface area contributed by atoms with Crippen LogP contribution in [-0.2, 0) is 16.1 Å². The lowest BCUT2D eigenvalue weighted by molar-refractivity contribution is -0.274. The molecule has 0 saturated heterocycles. The molecule has 0 aliphatic heterocycles. The van der Waals surface area contributed by atoms with Gasteiger partial charge in [0.1, 0.15) is 23.0 Å². The summed E-state index contributed by atoms with van der Waals surface area (Å²) < 4.78 is 50.9. The standard InChI is InChI=1S/C19H16F3N3O5/c1-10-16(11(2)30-25-10)15-8-7-14(28-15)9-23-17(26)18(27)24-12-3-5-13(6-4-12)29-19(20,21)22/h3-8H,9H2,1-2H3,(H,23,26)(H,24,27). The van der Waals surface area contributed by atoms with Crippen LogP contribution in [0.15, 0.2) is 45.3 Å². The number of hydrogen-bond acceptors (Lipinski definition) is 6. The summed E-state index contributed by atoms with van der Waals surface area (Å²) in [4.78, 5) is 23.9. The average molecular weight is 423 g/mol. The lowest BCUT2D eigenvalue weighted by atomic mass is 10.1. The maximum absolute atomic E-state index is 12.1. The molecule has 30 heavy (non-hydrogen) atoms. The number of benzene rings is 1. The van der Waals surface area contributed by atoms with Crippen molar-refractivity contribution in [2.45, 2.75) is 26.8 Å². The van der Waals surface area contributed by atoms with Gasteiger partial charge in [-0.1, -0.05) is 5.16 Å². The molecule has 8 nitrogen and oxygen atoms in total. The molecule has 2 aromatic heterocycles. The molecule has 0 bridgehead atoms. The summed E-state index contributed by atoms with van der Waals surface area (Å²) in [5.41, 5.74) is 1.50. The van der Waals surface area contributed by atoms with Gasteiger partial charge in [-0.05, 0) is 50.2 Å². The number of furan rings is 1. The van der Waals surface area contributed by atoms with Gasteiger partial charge >= 0.3 is 18.2 Å². The molecule has 0 atom stereocenters. The zero-order chi connectivity index (χ0) is 21.9. The summed E-state index contributed by atoms with van der Waals surface area (Å²) in [5.74, 6) is -0.876. The summed E-state index contributed by atoms with van der Waals surface area (Å²) in [6.45, 7) is 3.46. The van der Waals surface area contributed by atoms with Gasteiger partial charge in [0.15, 0.2) is 0 Å². The summed E-state index contributed by atoms with van der Waals surface area (Å²) in [6, 6.07) is 7.71. The van der Waals surface area contributed by atoms with E-state index in [-0.39, 0.29) is 12.2 Å². The average Bonchev–Trinajstić information content (AvgIpc) is 3.26. The SMILES string of the molecule is Cc1noc(C)c1-c1ccc(CNC(=O)C(=O)Nc2ccc(OC(F)(F)F)cc2)o1. The first kappa shape index (κ1) is 21.0. The van der Waals surface area contributed by atoms with E-state index >= 15 is 0 Å². The van der Waals surface area contributed by atoms with Crippen LogP contribution in [0.4, 0.5) is 18.9 Å². The van der Waals surface area contributed by atoms with Crippen molar-refractivity contribution in [2.75, 3.05) is 5.32 Å². The molecular formula is C19H16F3N3O5. The van der Waals surface area contributed by atoms with Crippen molar-refractivity contribution >= 4 is 17.5 Å². The number of aromatic nitrogens is 1. The lowest BCUT2D eigenvalue weighted by Gasteiger charge is -2.10. The van der Waals surface area contributed by atoms with E-state index in [1.807, 2.05) is 0 Å². The highest BCUT2D eigenvalue weighted by Gasteiger charge is 2.31. The second-order valence-corrected chi connectivity index (χ2v) is 6.17. The van der Waals surface area contributed by atoms with Crippen molar-refractivity contribution in [1.82, 2.24) is 10.5 Å². The fraction of sp³-hybridized carbons (Fsp3) is 0.211. The highest BCUT2D eigenvalue weighted by atomic mass is 19.4. The van der Waals surface area contributed by atoms with Crippen LogP contribution >= 0.6 is 0 Å². The Kier molecular flexibility index (Phi) is 5.81. The van der Waals surface area contributed by atoms with E-state index in [0.717, 1.165) is 12.1 Å². The molecule has 1 aromatic carbocycles. The Labute approximate surface area is 168 Å². The van der Waals surface area contributed by atoms with Crippen LogP contribution in [0.2, 0.25) is 0 Å². The predicted molar refractivity (Wildman–Crippen MR) is 97.3 cm³/mol. The number of carbonyl (C=O) groups is 2. The Hall–Kier alpha value is -3.76. The van der Waals surface area contributed by atoms with Crippen molar-refractivity contribution in [3.05, 3.63) is 53.6 Å². The molecular weight excluding hydrogens is 407 g/mol. The number of halogens is 3. The molecule has 3 aromatic rings. The molecule has 0 saturated carbocycles. The Morgan fingerprint density at radius 1 is 1.07 bits per heavy atom. The summed E-state index contributed by atoms with van der Waals surface area (Å²) in [7, 11) is 0. The highest BCUT2D eigenvalue weighted by Crippen LogP contribution is 2.28. The number of ether oxygens (including phenoxy) is 1. The van der Waals surface area contributed by atoms with Gasteiger partial charge in [-0.3, -0.25) is 9.59 Å². The molecule has 2 amide bonds. The first-order valence-corrected chi connectivity index (χ1v) is 8.59. The van der Waals surface area contributed by atoms with Gasteiger partial charge in [-0.2, -0.15) is 0 Å². The minimum Gasteiger partial charge on any atom is -0.459 e. The van der Waals surface area contributed by atoms with Gasteiger partial charge in [0, 0.05) is 5.69 Å². The number of nitrogens with one attached hydrogen (secondary N) is 2. The van der Waals surface area contributed by atoms with Crippen LogP contribution in [0.1, 0.15) is 17.2 Å². The smallest absolute Gasteiger partial charge is 0.459 e. The molecule has 0 aliphatic carbocycles. The molecule has 0 spiro atoms.